The molecule has 7 heteroatoms. The molecule has 0 atom stereocenters. The predicted octanol–water partition coefficient (Wildman–Crippen LogP) is 5.22. The molecule has 3 aromatic rings. The molecule has 0 aliphatic carbocycles. The number of methoxy groups -OCH3 is 1. The number of benzene rings is 3. The van der Waals surface area contributed by atoms with Gasteiger partial charge in [-0.2, -0.15) is 0 Å². The first-order chi connectivity index (χ1) is 15.8. The van der Waals surface area contributed by atoms with Gasteiger partial charge in [0, 0.05) is 11.9 Å². The molecule has 0 saturated carbocycles. The number of nitrogens with zero attached hydrogens (tertiary/aromatic N) is 1. The highest BCUT2D eigenvalue weighted by Gasteiger charge is 2.33. The molecular weight excluding hydrogens is 441 g/mol. The van der Waals surface area contributed by atoms with Crippen LogP contribution in [0.2, 0.25) is 0 Å². The normalized spacial score (nSPS) is 13.6. The molecule has 1 aliphatic heterocycles. The summed E-state index contributed by atoms with van der Waals surface area (Å²) in [6.07, 6.45) is 1.15. The predicted molar refractivity (Wildman–Crippen MR) is 129 cm³/mol. The van der Waals surface area contributed by atoms with Crippen molar-refractivity contribution in [3.63, 3.8) is 0 Å². The standard InChI is InChI=1S/C24H20FNO4S.C2H6/c1-30-20-11-9-19(10-12-20)26-15-22(16-5-13-21(14-6-16)31(2,28)29)23(24(26)27)17-3-7-18(25)8-4-17;1-2/h3-14H,15H2,1-2H3;1-2H3. The Morgan fingerprint density at radius 2 is 1.39 bits per heavy atom. The van der Waals surface area contributed by atoms with Crippen LogP contribution in [0.25, 0.3) is 11.1 Å². The van der Waals surface area contributed by atoms with Crippen molar-refractivity contribution >= 4 is 32.6 Å². The van der Waals surface area contributed by atoms with Crippen LogP contribution in [0.3, 0.4) is 0 Å². The largest absolute Gasteiger partial charge is 0.497 e. The minimum Gasteiger partial charge on any atom is -0.497 e. The minimum atomic E-state index is -3.33. The summed E-state index contributed by atoms with van der Waals surface area (Å²) in [5, 5.41) is 0. The highest BCUT2D eigenvalue weighted by molar-refractivity contribution is 7.90. The molecule has 0 unspecified atom stereocenters. The van der Waals surface area contributed by atoms with Gasteiger partial charge in [-0.1, -0.05) is 38.1 Å². The number of amides is 1. The Morgan fingerprint density at radius 1 is 0.848 bits per heavy atom. The summed E-state index contributed by atoms with van der Waals surface area (Å²) in [5.74, 6) is 0.0820. The van der Waals surface area contributed by atoms with Crippen LogP contribution < -0.4 is 9.64 Å². The minimum absolute atomic E-state index is 0.205. The third-order valence-corrected chi connectivity index (χ3v) is 6.35. The lowest BCUT2D eigenvalue weighted by molar-refractivity contribution is -0.112. The van der Waals surface area contributed by atoms with Gasteiger partial charge in [0.25, 0.3) is 5.91 Å². The molecule has 0 radical (unpaired) electrons. The second-order valence-corrected chi connectivity index (χ2v) is 9.26. The van der Waals surface area contributed by atoms with E-state index in [-0.39, 0.29) is 16.6 Å². The summed E-state index contributed by atoms with van der Waals surface area (Å²) in [7, 11) is -1.76. The highest BCUT2D eigenvalue weighted by Crippen LogP contribution is 2.37. The summed E-state index contributed by atoms with van der Waals surface area (Å²) in [6, 6.07) is 19.4. The highest BCUT2D eigenvalue weighted by atomic mass is 32.2. The molecule has 1 heterocycles. The fraction of sp³-hybridized carbons (Fsp3) is 0.192. The van der Waals surface area contributed by atoms with Crippen molar-refractivity contribution in [3.8, 4) is 5.75 Å². The van der Waals surface area contributed by atoms with Crippen LogP contribution in [-0.4, -0.2) is 34.2 Å². The number of hydrogen-bond acceptors (Lipinski definition) is 4. The first-order valence-electron chi connectivity index (χ1n) is 10.5. The lowest BCUT2D eigenvalue weighted by Gasteiger charge is -2.17. The second kappa shape index (κ2) is 10.0. The Hall–Kier alpha value is -3.45. The van der Waals surface area contributed by atoms with Crippen molar-refractivity contribution in [2.45, 2.75) is 18.7 Å². The summed E-state index contributed by atoms with van der Waals surface area (Å²) in [5.41, 5.74) is 3.24. The monoisotopic (exact) mass is 467 g/mol. The van der Waals surface area contributed by atoms with E-state index < -0.39 is 9.84 Å². The molecular formula is C26H26FNO4S. The van der Waals surface area contributed by atoms with E-state index in [1.165, 1.54) is 24.3 Å². The summed E-state index contributed by atoms with van der Waals surface area (Å²) < 4.78 is 42.3. The number of sulfone groups is 1. The third kappa shape index (κ3) is 5.14. The van der Waals surface area contributed by atoms with Crippen molar-refractivity contribution in [2.24, 2.45) is 0 Å². The molecule has 0 saturated heterocycles. The molecule has 1 amide bonds. The zero-order valence-corrected chi connectivity index (χ0v) is 19.8. The fourth-order valence-corrected chi connectivity index (χ4v) is 4.23. The Morgan fingerprint density at radius 3 is 1.91 bits per heavy atom. The third-order valence-electron chi connectivity index (χ3n) is 5.22. The van der Waals surface area contributed by atoms with Crippen molar-refractivity contribution in [3.05, 3.63) is 89.7 Å². The van der Waals surface area contributed by atoms with E-state index >= 15 is 0 Å². The maximum Gasteiger partial charge on any atom is 0.259 e. The van der Waals surface area contributed by atoms with Gasteiger partial charge in [0.1, 0.15) is 11.6 Å². The van der Waals surface area contributed by atoms with E-state index in [4.69, 9.17) is 4.74 Å². The van der Waals surface area contributed by atoms with E-state index in [2.05, 4.69) is 0 Å². The number of ether oxygens (including phenoxy) is 1. The van der Waals surface area contributed by atoms with Gasteiger partial charge < -0.3 is 9.64 Å². The Kier molecular flexibility index (Phi) is 7.33. The van der Waals surface area contributed by atoms with Crippen molar-refractivity contribution in [2.75, 3.05) is 24.8 Å². The van der Waals surface area contributed by atoms with Gasteiger partial charge in [-0.15, -0.1) is 0 Å². The molecule has 0 spiro atoms. The maximum absolute atomic E-state index is 13.5. The number of hydrogen-bond donors (Lipinski definition) is 0. The smallest absolute Gasteiger partial charge is 0.259 e. The SMILES string of the molecule is CC.COc1ccc(N2CC(c3ccc(S(C)(=O)=O)cc3)=C(c3ccc(F)cc3)C2=O)cc1. The zero-order chi connectivity index (χ0) is 24.2. The van der Waals surface area contributed by atoms with E-state index in [9.17, 15) is 17.6 Å². The number of rotatable bonds is 5. The van der Waals surface area contributed by atoms with Crippen LogP contribution in [0.5, 0.6) is 5.75 Å². The lowest BCUT2D eigenvalue weighted by atomic mass is 9.97. The summed E-state index contributed by atoms with van der Waals surface area (Å²) in [6.45, 7) is 4.30. The number of carbonyl (C=O) groups is 1. The molecule has 1 aliphatic rings. The molecule has 0 N–H and O–H groups in total. The van der Waals surface area contributed by atoms with Crippen LogP contribution in [0.15, 0.2) is 77.7 Å². The topological polar surface area (TPSA) is 63.7 Å². The Balaban J connectivity index is 0.00000149. The number of carbonyl (C=O) groups excluding carboxylic acids is 1. The van der Waals surface area contributed by atoms with Gasteiger partial charge in [-0.05, 0) is 65.2 Å². The van der Waals surface area contributed by atoms with Crippen LogP contribution >= 0.6 is 0 Å². The first-order valence-corrected chi connectivity index (χ1v) is 12.4. The fourth-order valence-electron chi connectivity index (χ4n) is 3.60. The van der Waals surface area contributed by atoms with Crippen LogP contribution in [0.1, 0.15) is 25.0 Å². The van der Waals surface area contributed by atoms with Crippen molar-refractivity contribution in [1.82, 2.24) is 0 Å². The van der Waals surface area contributed by atoms with E-state index in [0.29, 0.717) is 29.1 Å². The van der Waals surface area contributed by atoms with Crippen LogP contribution in [-0.2, 0) is 14.6 Å². The van der Waals surface area contributed by atoms with Gasteiger partial charge in [0.15, 0.2) is 9.84 Å². The molecule has 0 aromatic heterocycles. The van der Waals surface area contributed by atoms with Crippen molar-refractivity contribution in [1.29, 1.82) is 0 Å². The molecule has 3 aromatic carbocycles. The van der Waals surface area contributed by atoms with E-state index in [1.54, 1.807) is 60.5 Å². The molecule has 33 heavy (non-hydrogen) atoms. The van der Waals surface area contributed by atoms with Gasteiger partial charge >= 0.3 is 0 Å². The average molecular weight is 468 g/mol. The van der Waals surface area contributed by atoms with Gasteiger partial charge in [-0.25, -0.2) is 12.8 Å². The zero-order valence-electron chi connectivity index (χ0n) is 19.0. The maximum atomic E-state index is 13.5. The average Bonchev–Trinajstić information content (AvgIpc) is 3.17. The quantitative estimate of drug-likeness (QED) is 0.516. The van der Waals surface area contributed by atoms with E-state index in [0.717, 1.165) is 17.4 Å². The van der Waals surface area contributed by atoms with Gasteiger partial charge in [0.2, 0.25) is 0 Å². The molecule has 4 rings (SSSR count). The van der Waals surface area contributed by atoms with Crippen molar-refractivity contribution < 1.29 is 22.3 Å². The number of halogens is 1. The van der Waals surface area contributed by atoms with Gasteiger partial charge in [-0.3, -0.25) is 4.79 Å². The van der Waals surface area contributed by atoms with E-state index in [1.807, 2.05) is 13.8 Å². The molecule has 0 fully saturated rings. The summed E-state index contributed by atoms with van der Waals surface area (Å²) >= 11 is 0. The lowest BCUT2D eigenvalue weighted by Crippen LogP contribution is -2.26. The van der Waals surface area contributed by atoms with Gasteiger partial charge in [0.05, 0.1) is 24.1 Å². The Labute approximate surface area is 194 Å². The summed E-state index contributed by atoms with van der Waals surface area (Å²) in [4.78, 5) is 15.2. The Bertz CT molecular complexity index is 1260. The van der Waals surface area contributed by atoms with Crippen LogP contribution in [0.4, 0.5) is 10.1 Å². The second-order valence-electron chi connectivity index (χ2n) is 7.25. The molecule has 5 nitrogen and oxygen atoms in total. The van der Waals surface area contributed by atoms with Crippen LogP contribution in [0, 0.1) is 5.82 Å². The first kappa shape index (κ1) is 24.2. The molecule has 0 bridgehead atoms. The number of anilines is 1. The molecule has 172 valence electrons.